The van der Waals surface area contributed by atoms with Crippen LogP contribution in [0, 0.1) is 0 Å². The second-order valence-electron chi connectivity index (χ2n) is 5.16. The number of piperidine rings is 1. The molecule has 2 rings (SSSR count). The van der Waals surface area contributed by atoms with E-state index >= 15 is 0 Å². The van der Waals surface area contributed by atoms with Gasteiger partial charge >= 0.3 is 16.5 Å². The molecule has 0 bridgehead atoms. The molecule has 2 amide bonds. The molecule has 1 aliphatic rings. The van der Waals surface area contributed by atoms with Crippen molar-refractivity contribution in [3.63, 3.8) is 0 Å². The lowest BCUT2D eigenvalue weighted by atomic mass is 10.0. The van der Waals surface area contributed by atoms with Gasteiger partial charge < -0.3 is 19.5 Å². The lowest BCUT2D eigenvalue weighted by molar-refractivity contribution is 0.0640. The highest BCUT2D eigenvalue weighted by molar-refractivity contribution is 7.81. The molecule has 122 valence electrons. The summed E-state index contributed by atoms with van der Waals surface area (Å²) in [5.41, 5.74) is 0.404. The number of amides is 2. The molecule has 0 unspecified atom stereocenters. The molecular weight excluding hydrogens is 315 g/mol. The molecule has 1 fully saturated rings. The van der Waals surface area contributed by atoms with Crippen LogP contribution in [-0.2, 0) is 10.5 Å². The largest absolute Gasteiger partial charge is 0.488 e. The Balaban J connectivity index is 1.99. The first-order valence-corrected chi connectivity index (χ1v) is 8.05. The number of anilines is 1. The van der Waals surface area contributed by atoms with E-state index in [1.165, 1.54) is 29.2 Å². The van der Waals surface area contributed by atoms with Gasteiger partial charge in [0.15, 0.2) is 0 Å². The number of rotatable bonds is 3. The van der Waals surface area contributed by atoms with Gasteiger partial charge in [0.1, 0.15) is 5.75 Å². The van der Waals surface area contributed by atoms with Crippen LogP contribution in [-0.4, -0.2) is 43.1 Å². The summed E-state index contributed by atoms with van der Waals surface area (Å²) < 4.78 is 37.1. The molecule has 1 saturated heterocycles. The molecule has 2 atom stereocenters. The SMILES string of the molecule is C[C@@H]1CC[C@@H](O)CN1C(=O)Nc1ccc(OS(=O)(=O)F)cc1. The molecule has 1 aliphatic heterocycles. The molecule has 2 N–H and O–H groups in total. The lowest BCUT2D eigenvalue weighted by Gasteiger charge is -2.35. The van der Waals surface area contributed by atoms with Crippen LogP contribution >= 0.6 is 0 Å². The molecule has 1 aromatic carbocycles. The monoisotopic (exact) mass is 332 g/mol. The first-order chi connectivity index (χ1) is 10.2. The Morgan fingerprint density at radius 1 is 1.36 bits per heavy atom. The van der Waals surface area contributed by atoms with Crippen LogP contribution in [0.4, 0.5) is 14.4 Å². The van der Waals surface area contributed by atoms with Crippen molar-refractivity contribution in [1.29, 1.82) is 0 Å². The van der Waals surface area contributed by atoms with Gasteiger partial charge in [-0.2, -0.15) is 8.42 Å². The van der Waals surface area contributed by atoms with E-state index in [4.69, 9.17) is 0 Å². The fraction of sp³-hybridized carbons (Fsp3) is 0.462. The van der Waals surface area contributed by atoms with Crippen molar-refractivity contribution in [3.8, 4) is 5.75 Å². The third-order valence-electron chi connectivity index (χ3n) is 3.42. The number of carbonyl (C=O) groups excluding carboxylic acids is 1. The van der Waals surface area contributed by atoms with Crippen molar-refractivity contribution in [3.05, 3.63) is 24.3 Å². The third kappa shape index (κ3) is 4.57. The molecule has 7 nitrogen and oxygen atoms in total. The zero-order valence-corrected chi connectivity index (χ0v) is 12.7. The van der Waals surface area contributed by atoms with Crippen LogP contribution in [0.2, 0.25) is 0 Å². The summed E-state index contributed by atoms with van der Waals surface area (Å²) in [6, 6.07) is 4.88. The minimum Gasteiger partial charge on any atom is -0.391 e. The number of urea groups is 1. The molecule has 0 aliphatic carbocycles. The predicted molar refractivity (Wildman–Crippen MR) is 77.5 cm³/mol. The Morgan fingerprint density at radius 3 is 2.59 bits per heavy atom. The number of nitrogens with zero attached hydrogens (tertiary/aromatic N) is 1. The van der Waals surface area contributed by atoms with Gasteiger partial charge in [-0.15, -0.1) is 0 Å². The number of nitrogens with one attached hydrogen (secondary N) is 1. The van der Waals surface area contributed by atoms with E-state index in [2.05, 4.69) is 9.50 Å². The summed E-state index contributed by atoms with van der Waals surface area (Å²) in [5.74, 6) is -0.192. The molecule has 1 heterocycles. The molecule has 22 heavy (non-hydrogen) atoms. The van der Waals surface area contributed by atoms with Crippen molar-refractivity contribution >= 4 is 22.2 Å². The number of β-amino-alcohol motifs (C(OH)–C–C–N with tert-alkyl or cyclic N) is 1. The smallest absolute Gasteiger partial charge is 0.391 e. The maximum absolute atomic E-state index is 12.4. The lowest BCUT2D eigenvalue weighted by Crippen LogP contribution is -2.49. The Kier molecular flexibility index (Phi) is 4.87. The van der Waals surface area contributed by atoms with E-state index in [0.29, 0.717) is 12.1 Å². The topological polar surface area (TPSA) is 95.9 Å². The predicted octanol–water partition coefficient (Wildman–Crippen LogP) is 1.66. The first-order valence-electron chi connectivity index (χ1n) is 6.74. The van der Waals surface area contributed by atoms with Gasteiger partial charge in [-0.1, -0.05) is 3.89 Å². The van der Waals surface area contributed by atoms with Gasteiger partial charge in [0, 0.05) is 18.3 Å². The van der Waals surface area contributed by atoms with Gasteiger partial charge in [-0.05, 0) is 44.0 Å². The number of benzene rings is 1. The highest BCUT2D eigenvalue weighted by Gasteiger charge is 2.27. The van der Waals surface area contributed by atoms with Crippen molar-refractivity contribution in [1.82, 2.24) is 4.90 Å². The van der Waals surface area contributed by atoms with Crippen molar-refractivity contribution < 1.29 is 26.4 Å². The number of hydrogen-bond donors (Lipinski definition) is 2. The number of halogens is 1. The quantitative estimate of drug-likeness (QED) is 0.821. The van der Waals surface area contributed by atoms with E-state index < -0.39 is 16.6 Å². The Hall–Kier alpha value is -1.87. The van der Waals surface area contributed by atoms with Crippen LogP contribution in [0.25, 0.3) is 0 Å². The first kappa shape index (κ1) is 16.5. The fourth-order valence-electron chi connectivity index (χ4n) is 2.27. The second kappa shape index (κ2) is 6.49. The second-order valence-corrected chi connectivity index (χ2v) is 6.12. The van der Waals surface area contributed by atoms with Crippen molar-refractivity contribution in [2.45, 2.75) is 31.9 Å². The van der Waals surface area contributed by atoms with E-state index in [1.807, 2.05) is 6.92 Å². The molecular formula is C13H17FN2O5S. The van der Waals surface area contributed by atoms with Crippen LogP contribution < -0.4 is 9.50 Å². The summed E-state index contributed by atoms with van der Waals surface area (Å²) in [5, 5.41) is 12.3. The fourth-order valence-corrected chi connectivity index (χ4v) is 2.62. The average molecular weight is 332 g/mol. The zero-order chi connectivity index (χ0) is 16.3. The highest BCUT2D eigenvalue weighted by atomic mass is 32.3. The standard InChI is InChI=1S/C13H17FN2O5S/c1-9-2-5-11(17)8-16(9)13(18)15-10-3-6-12(7-4-10)21-22(14,19)20/h3-4,6-7,9,11,17H,2,5,8H2,1H3,(H,15,18)/t9-,11-/m1/s1. The summed E-state index contributed by atoms with van der Waals surface area (Å²) in [7, 11) is -5.07. The summed E-state index contributed by atoms with van der Waals surface area (Å²) in [4.78, 5) is 13.7. The molecule has 0 saturated carbocycles. The van der Waals surface area contributed by atoms with E-state index in [9.17, 15) is 22.2 Å². The maximum Gasteiger partial charge on any atom is 0.488 e. The number of aliphatic hydroxyl groups is 1. The normalized spacial score (nSPS) is 22.2. The number of aliphatic hydroxyl groups excluding tert-OH is 1. The summed E-state index contributed by atoms with van der Waals surface area (Å²) in [6.45, 7) is 2.16. The number of carbonyl (C=O) groups is 1. The van der Waals surface area contributed by atoms with Crippen molar-refractivity contribution in [2.24, 2.45) is 0 Å². The number of likely N-dealkylation sites (tertiary alicyclic amines) is 1. The molecule has 0 spiro atoms. The Morgan fingerprint density at radius 2 is 2.00 bits per heavy atom. The van der Waals surface area contributed by atoms with Gasteiger partial charge in [0.2, 0.25) is 0 Å². The molecule has 1 aromatic rings. The van der Waals surface area contributed by atoms with E-state index in [-0.39, 0.29) is 24.4 Å². The molecule has 0 aromatic heterocycles. The van der Waals surface area contributed by atoms with Crippen LogP contribution in [0.1, 0.15) is 19.8 Å². The van der Waals surface area contributed by atoms with Crippen LogP contribution in [0.15, 0.2) is 24.3 Å². The maximum atomic E-state index is 12.4. The van der Waals surface area contributed by atoms with Gasteiger partial charge in [0.25, 0.3) is 0 Å². The van der Waals surface area contributed by atoms with Crippen molar-refractivity contribution in [2.75, 3.05) is 11.9 Å². The van der Waals surface area contributed by atoms with E-state index in [1.54, 1.807) is 0 Å². The Bertz CT molecular complexity index is 634. The summed E-state index contributed by atoms with van der Waals surface area (Å²) in [6.07, 6.45) is 0.845. The minimum absolute atomic E-state index is 0.0164. The Labute approximate surface area is 128 Å². The highest BCUT2D eigenvalue weighted by Crippen LogP contribution is 2.21. The summed E-state index contributed by atoms with van der Waals surface area (Å²) >= 11 is 0. The molecule has 9 heteroatoms. The average Bonchev–Trinajstić information content (AvgIpc) is 2.42. The minimum atomic E-state index is -5.07. The van der Waals surface area contributed by atoms with Gasteiger partial charge in [-0.3, -0.25) is 0 Å². The zero-order valence-electron chi connectivity index (χ0n) is 11.9. The van der Waals surface area contributed by atoms with Gasteiger partial charge in [0.05, 0.1) is 6.10 Å². The third-order valence-corrected chi connectivity index (χ3v) is 3.81. The van der Waals surface area contributed by atoms with Crippen LogP contribution in [0.3, 0.4) is 0 Å². The molecule has 0 radical (unpaired) electrons. The van der Waals surface area contributed by atoms with Crippen LogP contribution in [0.5, 0.6) is 5.75 Å². The van der Waals surface area contributed by atoms with Gasteiger partial charge in [-0.25, -0.2) is 4.79 Å². The van der Waals surface area contributed by atoms with E-state index in [0.717, 1.165) is 6.42 Å². The number of hydrogen-bond acceptors (Lipinski definition) is 5.